The number of aromatic nitrogens is 2. The molecule has 2 rings (SSSR count). The van der Waals surface area contributed by atoms with Crippen molar-refractivity contribution in [3.05, 3.63) is 51.5 Å². The number of hydrogen-bond donors (Lipinski definition) is 1. The number of aryl methyl sites for hydroxylation is 2. The summed E-state index contributed by atoms with van der Waals surface area (Å²) in [6.07, 6.45) is 0. The van der Waals surface area contributed by atoms with Gasteiger partial charge in [0.1, 0.15) is 5.82 Å². The van der Waals surface area contributed by atoms with E-state index >= 15 is 0 Å². The molecule has 2 N–H and O–H groups in total. The monoisotopic (exact) mass is 337 g/mol. The molecule has 0 fully saturated rings. The quantitative estimate of drug-likeness (QED) is 0.866. The number of halogens is 1. The number of nitrogens with two attached hydrogens (primary N) is 1. The van der Waals surface area contributed by atoms with Gasteiger partial charge in [-0.1, -0.05) is 22.0 Å². The molecule has 0 saturated heterocycles. The zero-order chi connectivity index (χ0) is 13.8. The minimum absolute atomic E-state index is 0.497. The van der Waals surface area contributed by atoms with Crippen molar-refractivity contribution in [2.75, 3.05) is 0 Å². The highest BCUT2D eigenvalue weighted by Crippen LogP contribution is 2.24. The molecule has 0 amide bonds. The molecule has 1 aromatic heterocycles. The summed E-state index contributed by atoms with van der Waals surface area (Å²) in [7, 11) is 0. The molecule has 3 nitrogen and oxygen atoms in total. The molecule has 0 saturated carbocycles. The first-order valence-corrected chi connectivity index (χ1v) is 7.79. The Morgan fingerprint density at radius 1 is 1.21 bits per heavy atom. The number of nitrogens with zero attached hydrogens (tertiary/aromatic N) is 2. The Labute approximate surface area is 126 Å². The Kier molecular flexibility index (Phi) is 4.96. The largest absolute Gasteiger partial charge is 0.326 e. The third-order valence-electron chi connectivity index (χ3n) is 2.84. The lowest BCUT2D eigenvalue weighted by molar-refractivity contribution is 0.891. The van der Waals surface area contributed by atoms with Crippen LogP contribution in [0.5, 0.6) is 0 Å². The maximum atomic E-state index is 5.69. The van der Waals surface area contributed by atoms with Gasteiger partial charge in [-0.05, 0) is 32.0 Å². The Morgan fingerprint density at radius 3 is 2.47 bits per heavy atom. The second kappa shape index (κ2) is 6.50. The zero-order valence-electron chi connectivity index (χ0n) is 11.0. The topological polar surface area (TPSA) is 51.8 Å². The van der Waals surface area contributed by atoms with Crippen molar-refractivity contribution in [1.82, 2.24) is 9.97 Å². The van der Waals surface area contributed by atoms with Gasteiger partial charge in [0.15, 0.2) is 0 Å². The van der Waals surface area contributed by atoms with Crippen molar-refractivity contribution in [2.45, 2.75) is 31.0 Å². The van der Waals surface area contributed by atoms with E-state index in [0.717, 1.165) is 33.0 Å². The third-order valence-corrected chi connectivity index (χ3v) is 4.32. The van der Waals surface area contributed by atoms with E-state index in [0.29, 0.717) is 6.54 Å². The molecule has 2 aromatic rings. The van der Waals surface area contributed by atoms with E-state index in [1.165, 1.54) is 4.90 Å². The molecule has 1 heterocycles. The molecular formula is C14H16BrN3S. The first-order chi connectivity index (χ1) is 9.10. The summed E-state index contributed by atoms with van der Waals surface area (Å²) in [6.45, 7) is 4.48. The summed E-state index contributed by atoms with van der Waals surface area (Å²) < 4.78 is 1.09. The number of thioether (sulfide) groups is 1. The minimum Gasteiger partial charge on any atom is -0.326 e. The maximum Gasteiger partial charge on any atom is 0.139 e. The summed E-state index contributed by atoms with van der Waals surface area (Å²) in [5.41, 5.74) is 8.72. The molecule has 0 bridgehead atoms. The molecule has 0 aliphatic heterocycles. The molecule has 0 atom stereocenters. The second-order valence-electron chi connectivity index (χ2n) is 4.24. The predicted octanol–water partition coefficient (Wildman–Crippen LogP) is 3.61. The van der Waals surface area contributed by atoms with Crippen LogP contribution < -0.4 is 5.73 Å². The van der Waals surface area contributed by atoms with Gasteiger partial charge < -0.3 is 5.73 Å². The van der Waals surface area contributed by atoms with Gasteiger partial charge in [0, 0.05) is 32.9 Å². The number of hydrogen-bond acceptors (Lipinski definition) is 4. The maximum absolute atomic E-state index is 5.69. The van der Waals surface area contributed by atoms with E-state index in [4.69, 9.17) is 5.73 Å². The fourth-order valence-corrected chi connectivity index (χ4v) is 3.23. The van der Waals surface area contributed by atoms with Gasteiger partial charge in [0.05, 0.1) is 5.75 Å². The predicted molar refractivity (Wildman–Crippen MR) is 83.1 cm³/mol. The summed E-state index contributed by atoms with van der Waals surface area (Å²) in [5.74, 6) is 1.63. The summed E-state index contributed by atoms with van der Waals surface area (Å²) in [5, 5.41) is 0. The number of rotatable bonds is 4. The van der Waals surface area contributed by atoms with Crippen molar-refractivity contribution in [1.29, 1.82) is 0 Å². The van der Waals surface area contributed by atoms with Crippen LogP contribution in [0.4, 0.5) is 0 Å². The van der Waals surface area contributed by atoms with E-state index in [1.54, 1.807) is 11.8 Å². The lowest BCUT2D eigenvalue weighted by atomic mass is 10.2. The van der Waals surface area contributed by atoms with Gasteiger partial charge in [0.2, 0.25) is 0 Å². The van der Waals surface area contributed by atoms with Crippen LogP contribution >= 0.6 is 27.7 Å². The van der Waals surface area contributed by atoms with E-state index in [1.807, 2.05) is 26.0 Å². The molecule has 0 unspecified atom stereocenters. The first kappa shape index (κ1) is 14.5. The van der Waals surface area contributed by atoms with Crippen LogP contribution in [0.3, 0.4) is 0 Å². The molecule has 19 heavy (non-hydrogen) atoms. The molecule has 100 valence electrons. The van der Waals surface area contributed by atoms with Gasteiger partial charge in [0.25, 0.3) is 0 Å². The zero-order valence-corrected chi connectivity index (χ0v) is 13.4. The molecular weight excluding hydrogens is 322 g/mol. The summed E-state index contributed by atoms with van der Waals surface area (Å²) in [6, 6.07) is 8.23. The highest BCUT2D eigenvalue weighted by molar-refractivity contribution is 9.10. The van der Waals surface area contributed by atoms with Crippen LogP contribution in [-0.4, -0.2) is 9.97 Å². The van der Waals surface area contributed by atoms with Crippen LogP contribution in [0.25, 0.3) is 0 Å². The molecule has 0 radical (unpaired) electrons. The van der Waals surface area contributed by atoms with Crippen LogP contribution in [-0.2, 0) is 12.3 Å². The van der Waals surface area contributed by atoms with Crippen LogP contribution in [0, 0.1) is 13.8 Å². The van der Waals surface area contributed by atoms with Crippen molar-refractivity contribution in [3.63, 3.8) is 0 Å². The van der Waals surface area contributed by atoms with Crippen LogP contribution in [0.1, 0.15) is 22.8 Å². The SMILES string of the molecule is Cc1nc(CSc2cccc(Br)c2)nc(C)c1CN. The highest BCUT2D eigenvalue weighted by atomic mass is 79.9. The average Bonchev–Trinajstić information content (AvgIpc) is 2.36. The van der Waals surface area contributed by atoms with E-state index in [9.17, 15) is 0 Å². The fourth-order valence-electron chi connectivity index (χ4n) is 1.87. The Bertz CT molecular complexity index is 564. The van der Waals surface area contributed by atoms with Crippen LogP contribution in [0.2, 0.25) is 0 Å². The van der Waals surface area contributed by atoms with Gasteiger partial charge >= 0.3 is 0 Å². The fraction of sp³-hybridized carbons (Fsp3) is 0.286. The summed E-state index contributed by atoms with van der Waals surface area (Å²) >= 11 is 5.20. The highest BCUT2D eigenvalue weighted by Gasteiger charge is 2.07. The minimum atomic E-state index is 0.497. The van der Waals surface area contributed by atoms with Gasteiger partial charge in [-0.3, -0.25) is 0 Å². The third kappa shape index (κ3) is 3.78. The van der Waals surface area contributed by atoms with Crippen molar-refractivity contribution < 1.29 is 0 Å². The van der Waals surface area contributed by atoms with E-state index in [2.05, 4.69) is 38.0 Å². The van der Waals surface area contributed by atoms with Gasteiger partial charge in [-0.15, -0.1) is 11.8 Å². The van der Waals surface area contributed by atoms with E-state index in [-0.39, 0.29) is 0 Å². The van der Waals surface area contributed by atoms with E-state index < -0.39 is 0 Å². The smallest absolute Gasteiger partial charge is 0.139 e. The number of benzene rings is 1. The average molecular weight is 338 g/mol. The Hall–Kier alpha value is -0.910. The van der Waals surface area contributed by atoms with Crippen molar-refractivity contribution >= 4 is 27.7 Å². The molecule has 5 heteroatoms. The van der Waals surface area contributed by atoms with Gasteiger partial charge in [-0.2, -0.15) is 0 Å². The Balaban J connectivity index is 2.12. The van der Waals surface area contributed by atoms with Crippen LogP contribution in [0.15, 0.2) is 33.6 Å². The van der Waals surface area contributed by atoms with Crippen molar-refractivity contribution in [3.8, 4) is 0 Å². The Morgan fingerprint density at radius 2 is 1.89 bits per heavy atom. The molecule has 0 aliphatic carbocycles. The second-order valence-corrected chi connectivity index (χ2v) is 6.20. The standard InChI is InChI=1S/C14H16BrN3S/c1-9-13(7-16)10(2)18-14(17-9)8-19-12-5-3-4-11(15)6-12/h3-6H,7-8,16H2,1-2H3. The lowest BCUT2D eigenvalue weighted by Gasteiger charge is -2.09. The summed E-state index contributed by atoms with van der Waals surface area (Å²) in [4.78, 5) is 10.2. The molecule has 1 aromatic carbocycles. The lowest BCUT2D eigenvalue weighted by Crippen LogP contribution is -2.08. The molecule has 0 spiro atoms. The normalized spacial score (nSPS) is 10.7. The van der Waals surface area contributed by atoms with Gasteiger partial charge in [-0.25, -0.2) is 9.97 Å². The molecule has 0 aliphatic rings. The van der Waals surface area contributed by atoms with Crippen molar-refractivity contribution in [2.24, 2.45) is 5.73 Å². The first-order valence-electron chi connectivity index (χ1n) is 6.01.